The molecule has 0 saturated carbocycles. The maximum atomic E-state index is 5.55. The van der Waals surface area contributed by atoms with Crippen LogP contribution >= 0.6 is 11.8 Å². The minimum atomic E-state index is 0.817. The molecule has 20 heavy (non-hydrogen) atoms. The molecule has 4 nitrogen and oxygen atoms in total. The summed E-state index contributed by atoms with van der Waals surface area (Å²) in [5.74, 6) is 0.817. The van der Waals surface area contributed by atoms with Crippen LogP contribution in [0.4, 0.5) is 0 Å². The van der Waals surface area contributed by atoms with E-state index in [9.17, 15) is 0 Å². The molecule has 0 N–H and O–H groups in total. The number of methoxy groups -OCH3 is 1. The highest BCUT2D eigenvalue weighted by Crippen LogP contribution is 2.44. The first kappa shape index (κ1) is 11.9. The molecule has 0 amide bonds. The fourth-order valence-electron chi connectivity index (χ4n) is 2.79. The molecular formula is C15H14N2O2S. The van der Waals surface area contributed by atoms with Crippen molar-refractivity contribution in [2.45, 2.75) is 6.92 Å². The molecule has 0 unspecified atom stereocenters. The molecule has 1 aromatic heterocycles. The van der Waals surface area contributed by atoms with Crippen LogP contribution in [-0.4, -0.2) is 30.3 Å². The summed E-state index contributed by atoms with van der Waals surface area (Å²) in [5.41, 5.74) is 3.25. The van der Waals surface area contributed by atoms with E-state index < -0.39 is 0 Å². The van der Waals surface area contributed by atoms with Crippen molar-refractivity contribution in [1.82, 2.24) is 4.90 Å². The number of benzene rings is 1. The van der Waals surface area contributed by atoms with E-state index in [2.05, 4.69) is 22.9 Å². The Morgan fingerprint density at radius 2 is 2.30 bits per heavy atom. The number of nitrogens with zero attached hydrogens (tertiary/aromatic N) is 2. The summed E-state index contributed by atoms with van der Waals surface area (Å²) in [7, 11) is 1.68. The minimum Gasteiger partial charge on any atom is -0.497 e. The zero-order chi connectivity index (χ0) is 13.7. The van der Waals surface area contributed by atoms with Crippen LogP contribution in [0, 0.1) is 0 Å². The Morgan fingerprint density at radius 1 is 1.40 bits per heavy atom. The van der Waals surface area contributed by atoms with Gasteiger partial charge in [0.05, 0.1) is 25.6 Å². The number of aliphatic imine (C=N–C) groups is 1. The van der Waals surface area contributed by atoms with E-state index in [0.29, 0.717) is 0 Å². The third-order valence-corrected chi connectivity index (χ3v) is 4.72. The standard InChI is InChI=1S/C15H14N2O2S/c1-9-14(17-5-4-16-15(17)20-9)12-7-10(18-2)8-13-11(12)3-6-19-13/h3,6-8H,4-5H2,1-2H3. The van der Waals surface area contributed by atoms with E-state index in [1.165, 1.54) is 10.6 Å². The Labute approximate surface area is 121 Å². The van der Waals surface area contributed by atoms with Gasteiger partial charge in [0.15, 0.2) is 5.17 Å². The maximum Gasteiger partial charge on any atom is 0.168 e. The van der Waals surface area contributed by atoms with Crippen molar-refractivity contribution in [2.24, 2.45) is 4.99 Å². The van der Waals surface area contributed by atoms with E-state index >= 15 is 0 Å². The number of rotatable bonds is 2. The van der Waals surface area contributed by atoms with E-state index in [0.717, 1.165) is 40.5 Å². The van der Waals surface area contributed by atoms with Crippen molar-refractivity contribution in [3.8, 4) is 5.75 Å². The van der Waals surface area contributed by atoms with Gasteiger partial charge in [0.2, 0.25) is 0 Å². The molecule has 5 heteroatoms. The Balaban J connectivity index is 1.95. The number of thioether (sulfide) groups is 1. The van der Waals surface area contributed by atoms with E-state index in [1.807, 2.05) is 12.1 Å². The van der Waals surface area contributed by atoms with E-state index in [4.69, 9.17) is 9.15 Å². The van der Waals surface area contributed by atoms with Crippen LogP contribution in [-0.2, 0) is 0 Å². The van der Waals surface area contributed by atoms with Crippen LogP contribution in [0.5, 0.6) is 5.75 Å². The van der Waals surface area contributed by atoms with Gasteiger partial charge in [0.1, 0.15) is 11.3 Å². The van der Waals surface area contributed by atoms with Crippen molar-refractivity contribution in [3.05, 3.63) is 34.9 Å². The lowest BCUT2D eigenvalue weighted by Crippen LogP contribution is -2.20. The summed E-state index contributed by atoms with van der Waals surface area (Å²) in [6, 6.07) is 6.02. The topological polar surface area (TPSA) is 38.0 Å². The van der Waals surface area contributed by atoms with Gasteiger partial charge in [-0.15, -0.1) is 0 Å². The van der Waals surface area contributed by atoms with Crippen LogP contribution in [0.2, 0.25) is 0 Å². The molecule has 2 aliphatic heterocycles. The molecule has 0 atom stereocenters. The SMILES string of the molecule is COc1cc(C2=C(C)SC3=NCCN32)c2ccoc2c1. The number of furan rings is 1. The highest BCUT2D eigenvalue weighted by molar-refractivity contribution is 8.17. The number of hydrogen-bond acceptors (Lipinski definition) is 5. The van der Waals surface area contributed by atoms with Crippen LogP contribution < -0.4 is 4.74 Å². The quantitative estimate of drug-likeness (QED) is 0.846. The third-order valence-electron chi connectivity index (χ3n) is 3.69. The lowest BCUT2D eigenvalue weighted by atomic mass is 10.1. The van der Waals surface area contributed by atoms with Gasteiger partial charge in [-0.3, -0.25) is 4.99 Å². The van der Waals surface area contributed by atoms with Gasteiger partial charge < -0.3 is 14.1 Å². The lowest BCUT2D eigenvalue weighted by Gasteiger charge is -2.18. The zero-order valence-corrected chi connectivity index (χ0v) is 12.2. The second-order valence-electron chi connectivity index (χ2n) is 4.83. The normalized spacial score (nSPS) is 17.9. The molecular weight excluding hydrogens is 272 g/mol. The van der Waals surface area contributed by atoms with E-state index in [1.54, 1.807) is 25.1 Å². The Bertz CT molecular complexity index is 760. The monoisotopic (exact) mass is 286 g/mol. The second kappa shape index (κ2) is 4.31. The van der Waals surface area contributed by atoms with Crippen molar-refractivity contribution >= 4 is 33.6 Å². The summed E-state index contributed by atoms with van der Waals surface area (Å²) >= 11 is 1.75. The summed E-state index contributed by atoms with van der Waals surface area (Å²) in [6.45, 7) is 3.97. The van der Waals surface area contributed by atoms with E-state index in [-0.39, 0.29) is 0 Å². The highest BCUT2D eigenvalue weighted by Gasteiger charge is 2.32. The first-order valence-corrected chi connectivity index (χ1v) is 7.36. The number of fused-ring (bicyclic) bond motifs is 2. The molecule has 1 aromatic carbocycles. The van der Waals surface area contributed by atoms with Crippen LogP contribution in [0.15, 0.2) is 38.8 Å². The highest BCUT2D eigenvalue weighted by atomic mass is 32.2. The Morgan fingerprint density at radius 3 is 3.15 bits per heavy atom. The molecule has 0 fully saturated rings. The first-order chi connectivity index (χ1) is 9.78. The number of allylic oxidation sites excluding steroid dienone is 1. The summed E-state index contributed by atoms with van der Waals surface area (Å²) in [4.78, 5) is 8.11. The average molecular weight is 286 g/mol. The molecule has 0 aliphatic carbocycles. The van der Waals surface area contributed by atoms with Gasteiger partial charge in [0, 0.05) is 28.5 Å². The van der Waals surface area contributed by atoms with Gasteiger partial charge in [-0.1, -0.05) is 11.8 Å². The molecule has 0 bridgehead atoms. The van der Waals surface area contributed by atoms with Gasteiger partial charge in [0.25, 0.3) is 0 Å². The molecule has 0 saturated heterocycles. The van der Waals surface area contributed by atoms with Gasteiger partial charge in [-0.25, -0.2) is 0 Å². The predicted octanol–water partition coefficient (Wildman–Crippen LogP) is 3.55. The molecule has 0 radical (unpaired) electrons. The first-order valence-electron chi connectivity index (χ1n) is 6.54. The van der Waals surface area contributed by atoms with Crippen LogP contribution in [0.25, 0.3) is 16.7 Å². The number of amidine groups is 1. The maximum absolute atomic E-state index is 5.55. The molecule has 0 spiro atoms. The molecule has 2 aromatic rings. The smallest absolute Gasteiger partial charge is 0.168 e. The van der Waals surface area contributed by atoms with Crippen molar-refractivity contribution in [2.75, 3.05) is 20.2 Å². The number of ether oxygens (including phenoxy) is 1. The van der Waals surface area contributed by atoms with Crippen LogP contribution in [0.1, 0.15) is 12.5 Å². The van der Waals surface area contributed by atoms with Crippen molar-refractivity contribution < 1.29 is 9.15 Å². The molecule has 2 aliphatic rings. The largest absolute Gasteiger partial charge is 0.497 e. The molecule has 4 rings (SSSR count). The fraction of sp³-hybridized carbons (Fsp3) is 0.267. The summed E-state index contributed by atoms with van der Waals surface area (Å²) < 4.78 is 10.9. The Hall–Kier alpha value is -1.88. The third kappa shape index (κ3) is 1.59. The molecule has 102 valence electrons. The second-order valence-corrected chi connectivity index (χ2v) is 6.01. The Kier molecular flexibility index (Phi) is 2.57. The fourth-order valence-corrected chi connectivity index (χ4v) is 3.83. The predicted molar refractivity (Wildman–Crippen MR) is 82.0 cm³/mol. The summed E-state index contributed by atoms with van der Waals surface area (Å²) in [5, 5.41) is 2.23. The molecule has 3 heterocycles. The lowest BCUT2D eigenvalue weighted by molar-refractivity contribution is 0.414. The van der Waals surface area contributed by atoms with Gasteiger partial charge in [-0.2, -0.15) is 0 Å². The minimum absolute atomic E-state index is 0.817. The number of hydrogen-bond donors (Lipinski definition) is 0. The van der Waals surface area contributed by atoms with Crippen LogP contribution in [0.3, 0.4) is 0 Å². The van der Waals surface area contributed by atoms with Crippen molar-refractivity contribution in [1.29, 1.82) is 0 Å². The zero-order valence-electron chi connectivity index (χ0n) is 11.3. The van der Waals surface area contributed by atoms with Crippen molar-refractivity contribution in [3.63, 3.8) is 0 Å². The summed E-state index contributed by atoms with van der Waals surface area (Å²) in [6.07, 6.45) is 1.73. The average Bonchev–Trinajstić information content (AvgIpc) is 3.12. The van der Waals surface area contributed by atoms with Gasteiger partial charge >= 0.3 is 0 Å². The van der Waals surface area contributed by atoms with Gasteiger partial charge in [-0.05, 0) is 19.1 Å².